The summed E-state index contributed by atoms with van der Waals surface area (Å²) in [7, 11) is 0. The van der Waals surface area contributed by atoms with E-state index in [-0.39, 0.29) is 12.2 Å². The highest BCUT2D eigenvalue weighted by Crippen LogP contribution is 2.34. The molecule has 2 N–H and O–H groups in total. The van der Waals surface area contributed by atoms with Gasteiger partial charge < -0.3 is 10.6 Å². The summed E-state index contributed by atoms with van der Waals surface area (Å²) >= 11 is 0. The molecular weight excluding hydrogens is 585 g/mol. The zero-order valence-corrected chi connectivity index (χ0v) is 27.8. The van der Waals surface area contributed by atoms with Gasteiger partial charge >= 0.3 is 0 Å². The number of fused-ring (bicyclic) bond motifs is 2. The summed E-state index contributed by atoms with van der Waals surface area (Å²) < 4.78 is 0. The Morgan fingerprint density at radius 3 is 1.90 bits per heavy atom. The summed E-state index contributed by atoms with van der Waals surface area (Å²) in [6, 6.07) is 41.9. The molecule has 48 heavy (non-hydrogen) atoms. The lowest BCUT2D eigenvalue weighted by atomic mass is 9.91. The van der Waals surface area contributed by atoms with Crippen LogP contribution in [0.5, 0.6) is 0 Å². The lowest BCUT2D eigenvalue weighted by Gasteiger charge is -2.26. The molecule has 0 bridgehead atoms. The first-order valence-corrected chi connectivity index (χ1v) is 16.7. The number of dihydropyridines is 1. The molecule has 0 aliphatic carbocycles. The predicted molar refractivity (Wildman–Crippen MR) is 202 cm³/mol. The maximum absolute atomic E-state index is 5.42. The van der Waals surface area contributed by atoms with Gasteiger partial charge in [0.05, 0.1) is 5.71 Å². The number of hydrogen-bond donors (Lipinski definition) is 2. The molecule has 2 unspecified atom stereocenters. The highest BCUT2D eigenvalue weighted by Gasteiger charge is 2.22. The van der Waals surface area contributed by atoms with Crippen molar-refractivity contribution in [3.8, 4) is 11.1 Å². The number of aliphatic imine (C=N–C) groups is 1. The number of benzene rings is 5. The SMILES string of the molecule is CC1=CC(c2cc(C3=NC(c4ccc5ccccc5c4)NC(c4ccc5ccccc5c4)=C3)cc(-c3cc(C)nc(C)c3)c2)=CC(C)N1. The van der Waals surface area contributed by atoms with Crippen LogP contribution in [0.1, 0.15) is 53.7 Å². The number of aromatic nitrogens is 1. The Labute approximate surface area is 282 Å². The average molecular weight is 623 g/mol. The van der Waals surface area contributed by atoms with E-state index in [1.54, 1.807) is 0 Å². The fraction of sp³-hybridized carbons (Fsp3) is 0.136. The maximum Gasteiger partial charge on any atom is 0.145 e. The molecule has 0 saturated carbocycles. The van der Waals surface area contributed by atoms with Crippen LogP contribution in [0.4, 0.5) is 0 Å². The topological polar surface area (TPSA) is 49.3 Å². The Bertz CT molecular complexity index is 2340. The van der Waals surface area contributed by atoms with Crippen LogP contribution in [0.25, 0.3) is 43.9 Å². The fourth-order valence-corrected chi connectivity index (χ4v) is 7.03. The molecule has 2 aliphatic rings. The molecule has 4 heteroatoms. The predicted octanol–water partition coefficient (Wildman–Crippen LogP) is 10.1. The molecule has 0 fully saturated rings. The third-order valence-corrected chi connectivity index (χ3v) is 9.23. The van der Waals surface area contributed by atoms with E-state index in [0.717, 1.165) is 56.3 Å². The van der Waals surface area contributed by atoms with Gasteiger partial charge in [-0.2, -0.15) is 0 Å². The lowest BCUT2D eigenvalue weighted by molar-refractivity contribution is 0.665. The van der Waals surface area contributed by atoms with Crippen molar-refractivity contribution in [2.45, 2.75) is 39.9 Å². The van der Waals surface area contributed by atoms with Crippen molar-refractivity contribution in [3.05, 3.63) is 173 Å². The molecular formula is C44H38N4. The van der Waals surface area contributed by atoms with Crippen molar-refractivity contribution in [1.82, 2.24) is 15.6 Å². The minimum atomic E-state index is -0.256. The Morgan fingerprint density at radius 1 is 0.542 bits per heavy atom. The van der Waals surface area contributed by atoms with E-state index in [9.17, 15) is 0 Å². The Morgan fingerprint density at radius 2 is 1.17 bits per heavy atom. The van der Waals surface area contributed by atoms with Gasteiger partial charge in [0.1, 0.15) is 6.17 Å². The summed E-state index contributed by atoms with van der Waals surface area (Å²) in [4.78, 5) is 10.1. The monoisotopic (exact) mass is 622 g/mol. The van der Waals surface area contributed by atoms with Crippen LogP contribution in [0.15, 0.2) is 144 Å². The molecule has 0 amide bonds. The Kier molecular flexibility index (Phi) is 7.49. The van der Waals surface area contributed by atoms with E-state index in [1.807, 2.05) is 0 Å². The first kappa shape index (κ1) is 29.6. The number of aryl methyl sites for hydroxylation is 2. The van der Waals surface area contributed by atoms with Crippen molar-refractivity contribution in [1.29, 1.82) is 0 Å². The molecule has 5 aromatic carbocycles. The van der Waals surface area contributed by atoms with Crippen molar-refractivity contribution in [3.63, 3.8) is 0 Å². The summed E-state index contributed by atoms with van der Waals surface area (Å²) in [6.07, 6.45) is 6.50. The highest BCUT2D eigenvalue weighted by atomic mass is 15.1. The average Bonchev–Trinajstić information content (AvgIpc) is 3.10. The largest absolute Gasteiger partial charge is 0.383 e. The van der Waals surface area contributed by atoms with Gasteiger partial charge in [0.15, 0.2) is 0 Å². The molecule has 4 nitrogen and oxygen atoms in total. The van der Waals surface area contributed by atoms with Crippen LogP contribution < -0.4 is 10.6 Å². The normalized spacial score (nSPS) is 17.6. The van der Waals surface area contributed by atoms with Crippen LogP contribution in [0, 0.1) is 13.8 Å². The molecule has 6 aromatic rings. The third-order valence-electron chi connectivity index (χ3n) is 9.23. The first-order chi connectivity index (χ1) is 23.3. The summed E-state index contributed by atoms with van der Waals surface area (Å²) in [5.41, 5.74) is 13.2. The molecule has 0 radical (unpaired) electrons. The quantitative estimate of drug-likeness (QED) is 0.201. The van der Waals surface area contributed by atoms with Gasteiger partial charge in [-0.3, -0.25) is 9.98 Å². The smallest absolute Gasteiger partial charge is 0.145 e. The minimum Gasteiger partial charge on any atom is -0.383 e. The molecule has 0 spiro atoms. The number of pyridine rings is 1. The number of allylic oxidation sites excluding steroid dienone is 4. The first-order valence-electron chi connectivity index (χ1n) is 16.7. The number of rotatable bonds is 5. The van der Waals surface area contributed by atoms with E-state index in [4.69, 9.17) is 4.99 Å². The van der Waals surface area contributed by atoms with Crippen molar-refractivity contribution < 1.29 is 0 Å². The van der Waals surface area contributed by atoms with Crippen LogP contribution in [-0.2, 0) is 0 Å². The van der Waals surface area contributed by atoms with E-state index in [0.29, 0.717) is 0 Å². The molecule has 2 aliphatic heterocycles. The number of hydrogen-bond acceptors (Lipinski definition) is 4. The van der Waals surface area contributed by atoms with Crippen molar-refractivity contribution in [2.24, 2.45) is 4.99 Å². The van der Waals surface area contributed by atoms with Gasteiger partial charge in [0.2, 0.25) is 0 Å². The Hall–Kier alpha value is -5.74. The van der Waals surface area contributed by atoms with E-state index in [1.165, 1.54) is 32.7 Å². The molecule has 8 rings (SSSR count). The Balaban J connectivity index is 1.32. The number of nitrogens with one attached hydrogen (secondary N) is 2. The fourth-order valence-electron chi connectivity index (χ4n) is 7.03. The van der Waals surface area contributed by atoms with Crippen molar-refractivity contribution in [2.75, 3.05) is 0 Å². The zero-order valence-electron chi connectivity index (χ0n) is 27.8. The van der Waals surface area contributed by atoms with E-state index < -0.39 is 0 Å². The second kappa shape index (κ2) is 12.1. The summed E-state index contributed by atoms with van der Waals surface area (Å²) in [6.45, 7) is 8.45. The van der Waals surface area contributed by atoms with E-state index in [2.05, 4.69) is 177 Å². The standard InChI is InChI=1S/C44H38N4/c1-27-17-37(18-28(2)45-27)39-23-40(38-19-29(3)46-30(4)20-38)25-41(24-39)43-26-42(35-15-13-31-9-5-7-11-33(31)21-35)47-44(48-43)36-16-14-32-10-6-8-12-34(32)22-36/h5-27,44-45,47H,1-4H3. The second-order valence-electron chi connectivity index (χ2n) is 13.1. The molecule has 2 atom stereocenters. The molecule has 3 heterocycles. The van der Waals surface area contributed by atoms with Crippen LogP contribution in [0.2, 0.25) is 0 Å². The van der Waals surface area contributed by atoms with Gasteiger partial charge in [-0.1, -0.05) is 78.9 Å². The van der Waals surface area contributed by atoms with Crippen molar-refractivity contribution >= 4 is 38.5 Å². The van der Waals surface area contributed by atoms with Gasteiger partial charge in [-0.25, -0.2) is 0 Å². The van der Waals surface area contributed by atoms with Gasteiger partial charge in [0, 0.05) is 34.4 Å². The van der Waals surface area contributed by atoms with Gasteiger partial charge in [-0.05, 0) is 137 Å². The summed E-state index contributed by atoms with van der Waals surface area (Å²) in [5.74, 6) is 0. The van der Waals surface area contributed by atoms with E-state index >= 15 is 0 Å². The molecule has 234 valence electrons. The van der Waals surface area contributed by atoms with Crippen LogP contribution >= 0.6 is 0 Å². The highest BCUT2D eigenvalue weighted by molar-refractivity contribution is 6.14. The second-order valence-corrected chi connectivity index (χ2v) is 13.1. The molecule has 0 saturated heterocycles. The lowest BCUT2D eigenvalue weighted by Crippen LogP contribution is -2.25. The minimum absolute atomic E-state index is 0.246. The third kappa shape index (κ3) is 5.93. The zero-order chi connectivity index (χ0) is 32.8. The number of nitrogens with zero attached hydrogens (tertiary/aromatic N) is 2. The van der Waals surface area contributed by atoms with Gasteiger partial charge in [0.25, 0.3) is 0 Å². The van der Waals surface area contributed by atoms with Crippen LogP contribution in [-0.4, -0.2) is 16.7 Å². The summed E-state index contributed by atoms with van der Waals surface area (Å²) in [5, 5.41) is 12.2. The van der Waals surface area contributed by atoms with Gasteiger partial charge in [-0.15, -0.1) is 0 Å². The van der Waals surface area contributed by atoms with Crippen LogP contribution in [0.3, 0.4) is 0 Å². The maximum atomic E-state index is 5.42. The molecule has 1 aromatic heterocycles.